The monoisotopic (exact) mass is 244 g/mol. The van der Waals surface area contributed by atoms with Crippen molar-refractivity contribution in [2.24, 2.45) is 0 Å². The molecule has 1 aliphatic rings. The second kappa shape index (κ2) is 5.09. The molecule has 1 amide bonds. The van der Waals surface area contributed by atoms with Gasteiger partial charge in [0.05, 0.1) is 12.5 Å². The summed E-state index contributed by atoms with van der Waals surface area (Å²) < 4.78 is 0. The van der Waals surface area contributed by atoms with Crippen LogP contribution in [0.5, 0.6) is 5.75 Å². The quantitative estimate of drug-likeness (QED) is 0.883. The predicted molar refractivity (Wildman–Crippen MR) is 67.1 cm³/mol. The summed E-state index contributed by atoms with van der Waals surface area (Å²) >= 11 is 0. The van der Waals surface area contributed by atoms with Gasteiger partial charge < -0.3 is 10.0 Å². The Hall–Kier alpha value is -2.02. The molecule has 0 aliphatic heterocycles. The van der Waals surface area contributed by atoms with E-state index in [1.807, 2.05) is 0 Å². The van der Waals surface area contributed by atoms with Crippen LogP contribution in [0.4, 0.5) is 0 Å². The topological polar surface area (TPSA) is 64.3 Å². The van der Waals surface area contributed by atoms with Gasteiger partial charge in [-0.1, -0.05) is 6.07 Å². The average molecular weight is 244 g/mol. The minimum atomic E-state index is -0.0823. The maximum atomic E-state index is 12.4. The maximum absolute atomic E-state index is 12.4. The van der Waals surface area contributed by atoms with Crippen molar-refractivity contribution in [1.82, 2.24) is 4.90 Å². The minimum absolute atomic E-state index is 0.0823. The maximum Gasteiger partial charge on any atom is 0.254 e. The molecule has 0 bridgehead atoms. The van der Waals surface area contributed by atoms with Gasteiger partial charge in [0.15, 0.2) is 0 Å². The van der Waals surface area contributed by atoms with Gasteiger partial charge in [-0.3, -0.25) is 4.79 Å². The summed E-state index contributed by atoms with van der Waals surface area (Å²) in [5, 5.41) is 18.3. The Morgan fingerprint density at radius 2 is 2.28 bits per heavy atom. The van der Waals surface area contributed by atoms with Crippen molar-refractivity contribution in [1.29, 1.82) is 5.26 Å². The largest absolute Gasteiger partial charge is 0.508 e. The lowest BCUT2D eigenvalue weighted by molar-refractivity contribution is 0.0745. The number of hydrogen-bond donors (Lipinski definition) is 1. The first-order valence-electron chi connectivity index (χ1n) is 6.11. The Bertz CT molecular complexity index is 501. The SMILES string of the molecule is Cc1c(O)cccc1C(=O)N(CCC#N)C1CC1. The zero-order valence-electron chi connectivity index (χ0n) is 10.4. The van der Waals surface area contributed by atoms with Gasteiger partial charge >= 0.3 is 0 Å². The molecule has 0 radical (unpaired) electrons. The lowest BCUT2D eigenvalue weighted by atomic mass is 10.1. The van der Waals surface area contributed by atoms with Crippen molar-refractivity contribution in [3.63, 3.8) is 0 Å². The molecule has 18 heavy (non-hydrogen) atoms. The molecule has 4 nitrogen and oxygen atoms in total. The second-order valence-corrected chi connectivity index (χ2v) is 4.59. The van der Waals surface area contributed by atoms with E-state index in [4.69, 9.17) is 5.26 Å². The standard InChI is InChI=1S/C14H16N2O2/c1-10-12(4-2-5-13(10)17)14(18)16(9-3-8-15)11-6-7-11/h2,4-5,11,17H,3,6-7,9H2,1H3. The zero-order chi connectivity index (χ0) is 13.1. The van der Waals surface area contributed by atoms with E-state index >= 15 is 0 Å². The summed E-state index contributed by atoms with van der Waals surface area (Å²) in [6, 6.07) is 7.31. The molecule has 0 unspecified atom stereocenters. The van der Waals surface area contributed by atoms with Gasteiger partial charge in [0.25, 0.3) is 5.91 Å². The number of carbonyl (C=O) groups excluding carboxylic acids is 1. The second-order valence-electron chi connectivity index (χ2n) is 4.59. The Morgan fingerprint density at radius 3 is 2.89 bits per heavy atom. The molecule has 0 aromatic heterocycles. The molecule has 1 N–H and O–H groups in total. The van der Waals surface area contributed by atoms with Crippen LogP contribution in [-0.4, -0.2) is 28.5 Å². The average Bonchev–Trinajstić information content (AvgIpc) is 3.17. The van der Waals surface area contributed by atoms with Gasteiger partial charge in [-0.15, -0.1) is 0 Å². The predicted octanol–water partition coefficient (Wildman–Crippen LogP) is 2.22. The summed E-state index contributed by atoms with van der Waals surface area (Å²) in [6.07, 6.45) is 2.37. The van der Waals surface area contributed by atoms with Crippen molar-refractivity contribution >= 4 is 5.91 Å². The molecule has 0 heterocycles. The zero-order valence-corrected chi connectivity index (χ0v) is 10.4. The number of benzene rings is 1. The molecule has 1 saturated carbocycles. The fourth-order valence-corrected chi connectivity index (χ4v) is 2.02. The number of rotatable bonds is 4. The van der Waals surface area contributed by atoms with Crippen molar-refractivity contribution < 1.29 is 9.90 Å². The summed E-state index contributed by atoms with van der Waals surface area (Å²) in [6.45, 7) is 2.20. The molecule has 4 heteroatoms. The Balaban J connectivity index is 2.22. The number of hydrogen-bond acceptors (Lipinski definition) is 3. The summed E-state index contributed by atoms with van der Waals surface area (Å²) in [4.78, 5) is 14.2. The number of phenols is 1. The Labute approximate surface area is 106 Å². The molecular formula is C14H16N2O2. The highest BCUT2D eigenvalue weighted by Crippen LogP contribution is 2.30. The Kier molecular flexibility index (Phi) is 3.52. The van der Waals surface area contributed by atoms with Crippen LogP contribution >= 0.6 is 0 Å². The third-order valence-electron chi connectivity index (χ3n) is 3.25. The number of nitrogens with zero attached hydrogens (tertiary/aromatic N) is 2. The number of phenolic OH excluding ortho intramolecular Hbond substituents is 1. The number of nitriles is 1. The molecule has 1 fully saturated rings. The number of amides is 1. The number of carbonyl (C=O) groups is 1. The van der Waals surface area contributed by atoms with Crippen LogP contribution in [0.1, 0.15) is 35.2 Å². The minimum Gasteiger partial charge on any atom is -0.508 e. The van der Waals surface area contributed by atoms with Crippen molar-refractivity contribution in [2.75, 3.05) is 6.54 Å². The number of aromatic hydroxyl groups is 1. The van der Waals surface area contributed by atoms with Gasteiger partial charge in [-0.05, 0) is 31.9 Å². The molecule has 0 saturated heterocycles. The Morgan fingerprint density at radius 1 is 1.56 bits per heavy atom. The van der Waals surface area contributed by atoms with Crippen molar-refractivity contribution in [3.8, 4) is 11.8 Å². The van der Waals surface area contributed by atoms with Crippen LogP contribution in [0, 0.1) is 18.3 Å². The third-order valence-corrected chi connectivity index (χ3v) is 3.25. The molecule has 0 spiro atoms. The van der Waals surface area contributed by atoms with Crippen molar-refractivity contribution in [2.45, 2.75) is 32.2 Å². The highest BCUT2D eigenvalue weighted by Gasteiger charge is 2.33. The van der Waals surface area contributed by atoms with E-state index in [0.717, 1.165) is 12.8 Å². The van der Waals surface area contributed by atoms with Crippen LogP contribution < -0.4 is 0 Å². The van der Waals surface area contributed by atoms with Gasteiger partial charge in [-0.25, -0.2) is 0 Å². The van der Waals surface area contributed by atoms with E-state index in [1.165, 1.54) is 0 Å². The van der Waals surface area contributed by atoms with Gasteiger partial charge in [0, 0.05) is 23.7 Å². The van der Waals surface area contributed by atoms with Gasteiger partial charge in [-0.2, -0.15) is 5.26 Å². The van der Waals surface area contributed by atoms with E-state index in [1.54, 1.807) is 30.0 Å². The van der Waals surface area contributed by atoms with Crippen molar-refractivity contribution in [3.05, 3.63) is 29.3 Å². The fraction of sp³-hybridized carbons (Fsp3) is 0.429. The third kappa shape index (κ3) is 2.45. The van der Waals surface area contributed by atoms with Crippen LogP contribution in [0.3, 0.4) is 0 Å². The molecular weight excluding hydrogens is 228 g/mol. The molecule has 1 aromatic carbocycles. The highest BCUT2D eigenvalue weighted by atomic mass is 16.3. The fourth-order valence-electron chi connectivity index (χ4n) is 2.02. The van der Waals surface area contributed by atoms with Crippen LogP contribution in [0.25, 0.3) is 0 Å². The summed E-state index contributed by atoms with van der Waals surface area (Å²) in [5.74, 6) is 0.0537. The first-order chi connectivity index (χ1) is 8.65. The van der Waals surface area contributed by atoms with E-state index in [2.05, 4.69) is 6.07 Å². The van der Waals surface area contributed by atoms with Gasteiger partial charge in [0.2, 0.25) is 0 Å². The molecule has 1 aromatic rings. The van der Waals surface area contributed by atoms with E-state index < -0.39 is 0 Å². The van der Waals surface area contributed by atoms with E-state index in [0.29, 0.717) is 24.1 Å². The molecule has 1 aliphatic carbocycles. The van der Waals surface area contributed by atoms with E-state index in [-0.39, 0.29) is 17.7 Å². The first kappa shape index (κ1) is 12.4. The molecule has 0 atom stereocenters. The summed E-state index contributed by atoms with van der Waals surface area (Å²) in [5.41, 5.74) is 1.13. The van der Waals surface area contributed by atoms with Crippen LogP contribution in [0.2, 0.25) is 0 Å². The first-order valence-corrected chi connectivity index (χ1v) is 6.11. The smallest absolute Gasteiger partial charge is 0.254 e. The summed E-state index contributed by atoms with van der Waals surface area (Å²) in [7, 11) is 0. The van der Waals surface area contributed by atoms with Gasteiger partial charge in [0.1, 0.15) is 5.75 Å². The lowest BCUT2D eigenvalue weighted by Crippen LogP contribution is -2.34. The molecule has 94 valence electrons. The highest BCUT2D eigenvalue weighted by molar-refractivity contribution is 5.96. The van der Waals surface area contributed by atoms with Crippen LogP contribution in [-0.2, 0) is 0 Å². The van der Waals surface area contributed by atoms with E-state index in [9.17, 15) is 9.90 Å². The normalized spacial score (nSPS) is 14.0. The molecule has 2 rings (SSSR count). The lowest BCUT2D eigenvalue weighted by Gasteiger charge is -2.22. The van der Waals surface area contributed by atoms with Crippen LogP contribution in [0.15, 0.2) is 18.2 Å².